The van der Waals surface area contributed by atoms with Crippen LogP contribution in [0.5, 0.6) is 0 Å². The van der Waals surface area contributed by atoms with Crippen molar-refractivity contribution < 1.29 is 10.2 Å². The molecule has 0 aliphatic heterocycles. The van der Waals surface area contributed by atoms with Gasteiger partial charge in [-0.25, -0.2) is 0 Å². The molecule has 1 atom stereocenters. The Morgan fingerprint density at radius 3 is 1.16 bits per heavy atom. The Morgan fingerprint density at radius 1 is 0.480 bits per heavy atom. The van der Waals surface area contributed by atoms with Crippen LogP contribution < -0.4 is 0 Å². The molecule has 0 aromatic carbocycles. The lowest BCUT2D eigenvalue weighted by Crippen LogP contribution is -2.05. The zero-order chi connectivity index (χ0) is 19.0. The number of aliphatic hydroxyl groups is 2. The predicted octanol–water partition coefficient (Wildman–Crippen LogP) is 7.41. The number of hydrogen-bond acceptors (Lipinski definition) is 2. The maximum atomic E-state index is 9.81. The highest BCUT2D eigenvalue weighted by molar-refractivity contribution is 4.57. The number of hydrogen-bond donors (Lipinski definition) is 2. The molecule has 154 valence electrons. The SMILES string of the molecule is CCCCCCCCC(O)CCCCCCC.CCCCCCCO. The summed E-state index contributed by atoms with van der Waals surface area (Å²) in [6.45, 7) is 7.05. The monoisotopic (exact) mass is 358 g/mol. The van der Waals surface area contributed by atoms with E-state index in [2.05, 4.69) is 20.8 Å². The van der Waals surface area contributed by atoms with Crippen LogP contribution in [0, 0.1) is 0 Å². The quantitative estimate of drug-likeness (QED) is 0.250. The second-order valence-corrected chi connectivity index (χ2v) is 7.55. The fourth-order valence-corrected chi connectivity index (χ4v) is 3.00. The minimum Gasteiger partial charge on any atom is -0.396 e. The van der Waals surface area contributed by atoms with Gasteiger partial charge >= 0.3 is 0 Å². The molecule has 2 N–H and O–H groups in total. The van der Waals surface area contributed by atoms with E-state index in [0.29, 0.717) is 6.61 Å². The second kappa shape index (κ2) is 26.2. The van der Waals surface area contributed by atoms with Gasteiger partial charge in [-0.3, -0.25) is 0 Å². The Bertz CT molecular complexity index is 200. The van der Waals surface area contributed by atoms with Gasteiger partial charge in [-0.15, -0.1) is 0 Å². The Morgan fingerprint density at radius 2 is 0.800 bits per heavy atom. The van der Waals surface area contributed by atoms with Crippen molar-refractivity contribution >= 4 is 0 Å². The summed E-state index contributed by atoms with van der Waals surface area (Å²) in [5.74, 6) is 0. The van der Waals surface area contributed by atoms with Crippen molar-refractivity contribution in [3.63, 3.8) is 0 Å². The van der Waals surface area contributed by atoms with Crippen molar-refractivity contribution in [3.8, 4) is 0 Å². The van der Waals surface area contributed by atoms with Crippen LogP contribution in [0.15, 0.2) is 0 Å². The van der Waals surface area contributed by atoms with Gasteiger partial charge in [0.2, 0.25) is 0 Å². The Hall–Kier alpha value is -0.0800. The van der Waals surface area contributed by atoms with Gasteiger partial charge in [0.25, 0.3) is 0 Å². The van der Waals surface area contributed by atoms with Crippen molar-refractivity contribution in [1.82, 2.24) is 0 Å². The topological polar surface area (TPSA) is 40.5 Å². The molecule has 0 saturated carbocycles. The first kappa shape index (κ1) is 27.1. The molecular formula is C23H50O2. The highest BCUT2D eigenvalue weighted by Gasteiger charge is 2.03. The van der Waals surface area contributed by atoms with E-state index in [0.717, 1.165) is 19.3 Å². The molecule has 2 nitrogen and oxygen atoms in total. The molecule has 0 bridgehead atoms. The first-order valence-corrected chi connectivity index (χ1v) is 11.5. The molecule has 0 aliphatic rings. The third-order valence-electron chi connectivity index (χ3n) is 4.79. The standard InChI is InChI=1S/C16H34O.C7H16O/c1-3-5-7-9-11-13-15-16(17)14-12-10-8-6-4-2;1-2-3-4-5-6-7-8/h16-17H,3-15H2,1-2H3;8H,2-7H2,1H3. The maximum absolute atomic E-state index is 9.81. The lowest BCUT2D eigenvalue weighted by Gasteiger charge is -2.10. The molecule has 1 unspecified atom stereocenters. The van der Waals surface area contributed by atoms with Gasteiger partial charge in [0.15, 0.2) is 0 Å². The van der Waals surface area contributed by atoms with E-state index in [-0.39, 0.29) is 6.10 Å². The van der Waals surface area contributed by atoms with Crippen LogP contribution in [0.4, 0.5) is 0 Å². The first-order valence-electron chi connectivity index (χ1n) is 11.5. The smallest absolute Gasteiger partial charge is 0.0540 e. The highest BCUT2D eigenvalue weighted by atomic mass is 16.3. The van der Waals surface area contributed by atoms with Crippen LogP contribution in [-0.4, -0.2) is 22.9 Å². The van der Waals surface area contributed by atoms with Gasteiger partial charge in [0.1, 0.15) is 0 Å². The summed E-state index contributed by atoms with van der Waals surface area (Å²) < 4.78 is 0. The van der Waals surface area contributed by atoms with E-state index < -0.39 is 0 Å². The fraction of sp³-hybridized carbons (Fsp3) is 1.00. The van der Waals surface area contributed by atoms with Crippen molar-refractivity contribution in [2.24, 2.45) is 0 Å². The molecule has 25 heavy (non-hydrogen) atoms. The van der Waals surface area contributed by atoms with Crippen LogP contribution in [0.2, 0.25) is 0 Å². The van der Waals surface area contributed by atoms with E-state index in [1.54, 1.807) is 0 Å². The van der Waals surface area contributed by atoms with Gasteiger partial charge < -0.3 is 10.2 Å². The minimum absolute atomic E-state index is 0.0252. The first-order chi connectivity index (χ1) is 12.2. The summed E-state index contributed by atoms with van der Waals surface area (Å²) in [4.78, 5) is 0. The van der Waals surface area contributed by atoms with Crippen LogP contribution in [0.1, 0.15) is 136 Å². The van der Waals surface area contributed by atoms with E-state index in [4.69, 9.17) is 5.11 Å². The van der Waals surface area contributed by atoms with Crippen molar-refractivity contribution in [3.05, 3.63) is 0 Å². The summed E-state index contributed by atoms with van der Waals surface area (Å²) >= 11 is 0. The highest BCUT2D eigenvalue weighted by Crippen LogP contribution is 2.13. The lowest BCUT2D eigenvalue weighted by molar-refractivity contribution is 0.147. The molecule has 0 amide bonds. The average molecular weight is 359 g/mol. The second-order valence-electron chi connectivity index (χ2n) is 7.55. The predicted molar refractivity (Wildman–Crippen MR) is 113 cm³/mol. The molecule has 2 heteroatoms. The maximum Gasteiger partial charge on any atom is 0.0540 e. The van der Waals surface area contributed by atoms with Crippen LogP contribution in [0.3, 0.4) is 0 Å². The Balaban J connectivity index is 0. The van der Waals surface area contributed by atoms with Crippen LogP contribution in [-0.2, 0) is 0 Å². The Kier molecular flexibility index (Phi) is 28.4. The molecule has 0 radical (unpaired) electrons. The van der Waals surface area contributed by atoms with E-state index in [9.17, 15) is 5.11 Å². The fourth-order valence-electron chi connectivity index (χ4n) is 3.00. The van der Waals surface area contributed by atoms with Gasteiger partial charge in [-0.1, -0.05) is 117 Å². The number of rotatable bonds is 18. The van der Waals surface area contributed by atoms with Crippen molar-refractivity contribution in [2.75, 3.05) is 6.61 Å². The summed E-state index contributed by atoms with van der Waals surface area (Å²) in [6.07, 6.45) is 22.6. The molecule has 0 heterocycles. The molecule has 0 spiro atoms. The summed E-state index contributed by atoms with van der Waals surface area (Å²) in [5, 5.41) is 18.2. The summed E-state index contributed by atoms with van der Waals surface area (Å²) in [7, 11) is 0. The van der Waals surface area contributed by atoms with Gasteiger partial charge in [-0.2, -0.15) is 0 Å². The van der Waals surface area contributed by atoms with Gasteiger partial charge in [-0.05, 0) is 19.3 Å². The molecule has 0 aromatic heterocycles. The largest absolute Gasteiger partial charge is 0.396 e. The van der Waals surface area contributed by atoms with Gasteiger partial charge in [0, 0.05) is 6.61 Å². The molecular weight excluding hydrogens is 308 g/mol. The van der Waals surface area contributed by atoms with Crippen molar-refractivity contribution in [1.29, 1.82) is 0 Å². The van der Waals surface area contributed by atoms with Crippen molar-refractivity contribution in [2.45, 2.75) is 142 Å². The molecule has 0 saturated heterocycles. The summed E-state index contributed by atoms with van der Waals surface area (Å²) in [5.41, 5.74) is 0. The van der Waals surface area contributed by atoms with E-state index in [1.807, 2.05) is 0 Å². The zero-order valence-electron chi connectivity index (χ0n) is 17.9. The molecule has 0 aliphatic carbocycles. The van der Waals surface area contributed by atoms with Crippen LogP contribution >= 0.6 is 0 Å². The third-order valence-corrected chi connectivity index (χ3v) is 4.79. The van der Waals surface area contributed by atoms with Crippen LogP contribution in [0.25, 0.3) is 0 Å². The van der Waals surface area contributed by atoms with Gasteiger partial charge in [0.05, 0.1) is 6.10 Å². The number of unbranched alkanes of at least 4 members (excludes halogenated alkanes) is 13. The lowest BCUT2D eigenvalue weighted by atomic mass is 10.0. The molecule has 0 fully saturated rings. The van der Waals surface area contributed by atoms with E-state index in [1.165, 1.54) is 96.3 Å². The molecule has 0 rings (SSSR count). The normalized spacial score (nSPS) is 11.9. The summed E-state index contributed by atoms with van der Waals surface area (Å²) in [6, 6.07) is 0. The van der Waals surface area contributed by atoms with E-state index >= 15 is 0 Å². The minimum atomic E-state index is -0.0252. The Labute approximate surface area is 159 Å². The number of aliphatic hydroxyl groups excluding tert-OH is 2. The average Bonchev–Trinajstić information content (AvgIpc) is 2.62. The zero-order valence-corrected chi connectivity index (χ0v) is 17.9. The molecule has 0 aromatic rings. The third kappa shape index (κ3) is 29.0.